The summed E-state index contributed by atoms with van der Waals surface area (Å²) in [5, 5.41) is 14.5. The van der Waals surface area contributed by atoms with E-state index in [-0.39, 0.29) is 6.61 Å². The van der Waals surface area contributed by atoms with Crippen molar-refractivity contribution in [3.63, 3.8) is 0 Å². The van der Waals surface area contributed by atoms with Crippen molar-refractivity contribution in [1.29, 1.82) is 0 Å². The first-order valence-electron chi connectivity index (χ1n) is 5.79. The Kier molecular flexibility index (Phi) is 3.53. The summed E-state index contributed by atoms with van der Waals surface area (Å²) in [6.07, 6.45) is 1.52. The number of hydrogen-bond acceptors (Lipinski definition) is 4. The molecule has 1 aromatic carbocycles. The summed E-state index contributed by atoms with van der Waals surface area (Å²) in [7, 11) is 0. The maximum absolute atomic E-state index is 9.58. The van der Waals surface area contributed by atoms with E-state index in [1.165, 1.54) is 6.26 Å². The maximum Gasteiger partial charge on any atom is 0.208 e. The van der Waals surface area contributed by atoms with E-state index in [1.807, 2.05) is 0 Å². The van der Waals surface area contributed by atoms with E-state index in [0.717, 1.165) is 0 Å². The molecule has 0 spiro atoms. The lowest BCUT2D eigenvalue weighted by Gasteiger charge is -2.03. The lowest BCUT2D eigenvalue weighted by atomic mass is 10.1. The van der Waals surface area contributed by atoms with Gasteiger partial charge in [-0.2, -0.15) is 0 Å². The van der Waals surface area contributed by atoms with Crippen LogP contribution in [0.5, 0.6) is 0 Å². The number of aromatic nitrogens is 1. The third-order valence-corrected chi connectivity index (χ3v) is 3.43. The molecule has 3 aromatic rings. The zero-order valence-corrected chi connectivity index (χ0v) is 11.6. The molecular weight excluding hydrogens is 301 g/mol. The predicted octanol–water partition coefficient (Wildman–Crippen LogP) is 4.40. The van der Waals surface area contributed by atoms with Crippen LogP contribution in [0.25, 0.3) is 22.8 Å². The number of furan rings is 1. The number of nitrogens with zero attached hydrogens (tertiary/aromatic N) is 1. The summed E-state index contributed by atoms with van der Waals surface area (Å²) in [4.78, 5) is 0. The fourth-order valence-corrected chi connectivity index (χ4v) is 2.45. The molecule has 0 saturated heterocycles. The average molecular weight is 310 g/mol. The standard InChI is InChI=1S/C14H9Cl2NO3/c15-8-3-4-9(11(16)6-8)13-10(7-18)14(20-17-13)12-2-1-5-19-12/h1-6,18H,7H2. The van der Waals surface area contributed by atoms with Crippen LogP contribution in [0, 0.1) is 0 Å². The molecule has 0 atom stereocenters. The first kappa shape index (κ1) is 13.2. The third kappa shape index (κ3) is 2.22. The van der Waals surface area contributed by atoms with E-state index in [1.54, 1.807) is 30.3 Å². The Hall–Kier alpha value is -1.75. The first-order valence-corrected chi connectivity index (χ1v) is 6.55. The van der Waals surface area contributed by atoms with Crippen LogP contribution < -0.4 is 0 Å². The van der Waals surface area contributed by atoms with Gasteiger partial charge in [0.25, 0.3) is 0 Å². The van der Waals surface area contributed by atoms with Gasteiger partial charge in [0, 0.05) is 10.6 Å². The van der Waals surface area contributed by atoms with E-state index in [9.17, 15) is 5.11 Å². The molecule has 0 fully saturated rings. The quantitative estimate of drug-likeness (QED) is 0.779. The smallest absolute Gasteiger partial charge is 0.208 e. The molecule has 0 bridgehead atoms. The zero-order valence-electron chi connectivity index (χ0n) is 10.1. The van der Waals surface area contributed by atoms with Crippen molar-refractivity contribution in [2.24, 2.45) is 0 Å². The van der Waals surface area contributed by atoms with Gasteiger partial charge in [-0.3, -0.25) is 0 Å². The maximum atomic E-state index is 9.58. The molecule has 0 unspecified atom stereocenters. The van der Waals surface area contributed by atoms with E-state index in [2.05, 4.69) is 5.16 Å². The van der Waals surface area contributed by atoms with E-state index in [4.69, 9.17) is 32.1 Å². The van der Waals surface area contributed by atoms with Crippen LogP contribution in [0.1, 0.15) is 5.56 Å². The molecule has 3 rings (SSSR count). The number of rotatable bonds is 3. The first-order chi connectivity index (χ1) is 9.70. The summed E-state index contributed by atoms with van der Waals surface area (Å²) < 4.78 is 10.5. The van der Waals surface area contributed by atoms with Crippen LogP contribution in [-0.2, 0) is 6.61 Å². The highest BCUT2D eigenvalue weighted by atomic mass is 35.5. The fourth-order valence-electron chi connectivity index (χ4n) is 1.95. The van der Waals surface area contributed by atoms with E-state index in [0.29, 0.717) is 38.4 Å². The van der Waals surface area contributed by atoms with Gasteiger partial charge in [-0.05, 0) is 30.3 Å². The van der Waals surface area contributed by atoms with Crippen LogP contribution in [0.2, 0.25) is 10.0 Å². The van der Waals surface area contributed by atoms with Crippen LogP contribution in [-0.4, -0.2) is 10.3 Å². The number of aliphatic hydroxyl groups is 1. The lowest BCUT2D eigenvalue weighted by Crippen LogP contribution is -1.89. The predicted molar refractivity (Wildman–Crippen MR) is 75.6 cm³/mol. The summed E-state index contributed by atoms with van der Waals surface area (Å²) in [5.74, 6) is 0.886. The summed E-state index contributed by atoms with van der Waals surface area (Å²) >= 11 is 12.0. The van der Waals surface area contributed by atoms with E-state index < -0.39 is 0 Å². The van der Waals surface area contributed by atoms with Crippen molar-refractivity contribution in [1.82, 2.24) is 5.16 Å². The largest absolute Gasteiger partial charge is 0.461 e. The van der Waals surface area contributed by atoms with Crippen LogP contribution in [0.15, 0.2) is 45.5 Å². The molecule has 6 heteroatoms. The Morgan fingerprint density at radius 2 is 2.05 bits per heavy atom. The van der Waals surface area contributed by atoms with Gasteiger partial charge in [-0.25, -0.2) is 0 Å². The van der Waals surface area contributed by atoms with Gasteiger partial charge in [-0.15, -0.1) is 0 Å². The minimum Gasteiger partial charge on any atom is -0.461 e. The van der Waals surface area contributed by atoms with Crippen LogP contribution >= 0.6 is 23.2 Å². The Labute approximate surface area is 124 Å². The van der Waals surface area contributed by atoms with Crippen molar-refractivity contribution >= 4 is 23.2 Å². The average Bonchev–Trinajstić information content (AvgIpc) is 3.06. The molecule has 0 aliphatic carbocycles. The van der Waals surface area contributed by atoms with Crippen molar-refractivity contribution in [3.8, 4) is 22.8 Å². The van der Waals surface area contributed by atoms with Crippen molar-refractivity contribution in [2.75, 3.05) is 0 Å². The lowest BCUT2D eigenvalue weighted by molar-refractivity contribution is 0.281. The minimum atomic E-state index is -0.242. The fraction of sp³-hybridized carbons (Fsp3) is 0.0714. The molecule has 0 radical (unpaired) electrons. The van der Waals surface area contributed by atoms with Crippen molar-refractivity contribution in [3.05, 3.63) is 52.2 Å². The highest BCUT2D eigenvalue weighted by Gasteiger charge is 2.21. The number of halogens is 2. The van der Waals surface area contributed by atoms with Crippen molar-refractivity contribution < 1.29 is 14.0 Å². The third-order valence-electron chi connectivity index (χ3n) is 2.88. The summed E-state index contributed by atoms with van der Waals surface area (Å²) in [5.41, 5.74) is 1.63. The molecule has 0 saturated carbocycles. The minimum absolute atomic E-state index is 0.242. The van der Waals surface area contributed by atoms with Crippen LogP contribution in [0.3, 0.4) is 0 Å². The van der Waals surface area contributed by atoms with Gasteiger partial charge in [-0.1, -0.05) is 28.4 Å². The molecular formula is C14H9Cl2NO3. The molecule has 102 valence electrons. The number of benzene rings is 1. The normalized spacial score (nSPS) is 10.9. The second-order valence-electron chi connectivity index (χ2n) is 4.10. The summed E-state index contributed by atoms with van der Waals surface area (Å²) in [6.45, 7) is -0.242. The van der Waals surface area contributed by atoms with Gasteiger partial charge in [0.2, 0.25) is 5.76 Å². The molecule has 0 aliphatic heterocycles. The molecule has 4 nitrogen and oxygen atoms in total. The highest BCUT2D eigenvalue weighted by Crippen LogP contribution is 2.36. The van der Waals surface area contributed by atoms with Gasteiger partial charge in [0.15, 0.2) is 5.76 Å². The van der Waals surface area contributed by atoms with Gasteiger partial charge in [0.1, 0.15) is 5.69 Å². The van der Waals surface area contributed by atoms with Gasteiger partial charge in [0.05, 0.1) is 23.5 Å². The Morgan fingerprint density at radius 1 is 1.20 bits per heavy atom. The number of aliphatic hydroxyl groups excluding tert-OH is 1. The zero-order chi connectivity index (χ0) is 14.1. The van der Waals surface area contributed by atoms with Gasteiger partial charge < -0.3 is 14.0 Å². The highest BCUT2D eigenvalue weighted by molar-refractivity contribution is 6.36. The molecule has 1 N–H and O–H groups in total. The Bertz CT molecular complexity index is 735. The molecule has 0 aliphatic rings. The second-order valence-corrected chi connectivity index (χ2v) is 4.94. The molecule has 2 heterocycles. The van der Waals surface area contributed by atoms with Crippen LogP contribution in [0.4, 0.5) is 0 Å². The number of hydrogen-bond donors (Lipinski definition) is 1. The molecule has 2 aromatic heterocycles. The molecule has 0 amide bonds. The SMILES string of the molecule is OCc1c(-c2ccc(Cl)cc2Cl)noc1-c1ccco1. The van der Waals surface area contributed by atoms with E-state index >= 15 is 0 Å². The topological polar surface area (TPSA) is 59.4 Å². The second kappa shape index (κ2) is 5.32. The monoisotopic (exact) mass is 309 g/mol. The molecule has 20 heavy (non-hydrogen) atoms. The van der Waals surface area contributed by atoms with Gasteiger partial charge >= 0.3 is 0 Å². The summed E-state index contributed by atoms with van der Waals surface area (Å²) in [6, 6.07) is 8.50. The van der Waals surface area contributed by atoms with Crippen molar-refractivity contribution in [2.45, 2.75) is 6.61 Å². The Morgan fingerprint density at radius 3 is 2.70 bits per heavy atom. The Balaban J connectivity index is 2.15.